The molecule has 0 saturated heterocycles. The highest BCUT2D eigenvalue weighted by molar-refractivity contribution is 8.16. The summed E-state index contributed by atoms with van der Waals surface area (Å²) in [4.78, 5) is 0. The maximum atomic E-state index is 10.3. The van der Waals surface area contributed by atoms with Crippen LogP contribution in [0.5, 0.6) is 0 Å². The van der Waals surface area contributed by atoms with E-state index in [-0.39, 0.29) is 0 Å². The van der Waals surface area contributed by atoms with Crippen LogP contribution in [0.1, 0.15) is 12.8 Å². The van der Waals surface area contributed by atoms with E-state index in [2.05, 4.69) is 0 Å². The lowest BCUT2D eigenvalue weighted by Gasteiger charge is -1.92. The van der Waals surface area contributed by atoms with Gasteiger partial charge in [-0.3, -0.25) is 0 Å². The summed E-state index contributed by atoms with van der Waals surface area (Å²) >= 11 is 0. The molecule has 0 atom stereocenters. The molecule has 0 rings (SSSR count). The Kier molecular flexibility index (Phi) is 5.54. The number of allylic oxidation sites excluding steroid dienone is 1. The maximum Gasteiger partial charge on any atom is 0.254 e. The molecular formula is C6H11ClO3S. The minimum absolute atomic E-state index is 0.632. The molecule has 0 unspecified atom stereocenters. The van der Waals surface area contributed by atoms with Crippen molar-refractivity contribution >= 4 is 19.7 Å². The lowest BCUT2D eigenvalue weighted by molar-refractivity contribution is 0.196. The topological polar surface area (TPSA) is 43.4 Å². The molecule has 3 nitrogen and oxygen atoms in total. The fraction of sp³-hybridized carbons (Fsp3) is 0.667. The molecule has 0 aromatic carbocycles. The number of halogens is 1. The fourth-order valence-electron chi connectivity index (χ4n) is 0.529. The summed E-state index contributed by atoms with van der Waals surface area (Å²) in [6.07, 6.45) is 2.99. The van der Waals surface area contributed by atoms with Gasteiger partial charge in [0, 0.05) is 29.8 Å². The minimum Gasteiger partial charge on any atom is -0.385 e. The number of unbranched alkanes of at least 4 members (excludes halogenated alkanes) is 1. The van der Waals surface area contributed by atoms with Crippen molar-refractivity contribution in [3.63, 3.8) is 0 Å². The van der Waals surface area contributed by atoms with E-state index in [1.807, 2.05) is 0 Å². The largest absolute Gasteiger partial charge is 0.385 e. The molecule has 0 saturated carbocycles. The number of ether oxygens (including phenoxy) is 1. The van der Waals surface area contributed by atoms with Gasteiger partial charge in [-0.2, -0.15) is 0 Å². The zero-order valence-electron chi connectivity index (χ0n) is 6.29. The first-order chi connectivity index (χ1) is 5.06. The Labute approximate surface area is 71.4 Å². The van der Waals surface area contributed by atoms with Crippen molar-refractivity contribution in [1.29, 1.82) is 0 Å². The van der Waals surface area contributed by atoms with Gasteiger partial charge in [0.1, 0.15) is 0 Å². The van der Waals surface area contributed by atoms with Gasteiger partial charge in [-0.05, 0) is 12.8 Å². The van der Waals surface area contributed by atoms with Crippen molar-refractivity contribution in [3.05, 3.63) is 11.5 Å². The molecule has 0 spiro atoms. The van der Waals surface area contributed by atoms with Gasteiger partial charge in [-0.25, -0.2) is 8.42 Å². The summed E-state index contributed by atoms with van der Waals surface area (Å²) in [5, 5.41) is 0.990. The third-order valence-corrected chi connectivity index (χ3v) is 1.80. The average Bonchev–Trinajstić information content (AvgIpc) is 1.85. The van der Waals surface area contributed by atoms with Gasteiger partial charge in [0.2, 0.25) is 0 Å². The zero-order valence-corrected chi connectivity index (χ0v) is 7.86. The summed E-state index contributed by atoms with van der Waals surface area (Å²) in [6, 6.07) is 0. The third-order valence-electron chi connectivity index (χ3n) is 0.978. The number of hydrogen-bond acceptors (Lipinski definition) is 3. The lowest BCUT2D eigenvalue weighted by atomic mass is 10.3. The van der Waals surface area contributed by atoms with Gasteiger partial charge >= 0.3 is 0 Å². The minimum atomic E-state index is -3.46. The summed E-state index contributed by atoms with van der Waals surface area (Å²) in [6.45, 7) is 0.632. The molecule has 0 heterocycles. The summed E-state index contributed by atoms with van der Waals surface area (Å²) in [7, 11) is 3.04. The van der Waals surface area contributed by atoms with Crippen LogP contribution in [0.15, 0.2) is 11.5 Å². The van der Waals surface area contributed by atoms with Crippen LogP contribution in [0.3, 0.4) is 0 Å². The highest BCUT2D eigenvalue weighted by atomic mass is 35.7. The van der Waals surface area contributed by atoms with E-state index in [4.69, 9.17) is 15.4 Å². The van der Waals surface area contributed by atoms with Crippen LogP contribution in [0.25, 0.3) is 0 Å². The van der Waals surface area contributed by atoms with Gasteiger partial charge in [0.25, 0.3) is 9.05 Å². The highest BCUT2D eigenvalue weighted by Gasteiger charge is 1.94. The van der Waals surface area contributed by atoms with Crippen molar-refractivity contribution < 1.29 is 13.2 Å². The van der Waals surface area contributed by atoms with E-state index >= 15 is 0 Å². The van der Waals surface area contributed by atoms with Crippen LogP contribution in [0.4, 0.5) is 0 Å². The van der Waals surface area contributed by atoms with E-state index in [1.165, 1.54) is 6.08 Å². The Hall–Kier alpha value is -0.0600. The molecule has 0 bridgehead atoms. The van der Waals surface area contributed by atoms with Gasteiger partial charge < -0.3 is 4.74 Å². The van der Waals surface area contributed by atoms with E-state index in [0.29, 0.717) is 13.0 Å². The van der Waals surface area contributed by atoms with Crippen LogP contribution in [0.2, 0.25) is 0 Å². The molecule has 0 aliphatic carbocycles. The molecular weight excluding hydrogens is 188 g/mol. The monoisotopic (exact) mass is 198 g/mol. The molecule has 0 fully saturated rings. The second-order valence-corrected chi connectivity index (χ2v) is 4.50. The van der Waals surface area contributed by atoms with Crippen molar-refractivity contribution in [3.8, 4) is 0 Å². The molecule has 0 aromatic rings. The van der Waals surface area contributed by atoms with E-state index in [0.717, 1.165) is 11.8 Å². The summed E-state index contributed by atoms with van der Waals surface area (Å²) in [5.41, 5.74) is 0. The zero-order chi connectivity index (χ0) is 8.74. The van der Waals surface area contributed by atoms with Crippen LogP contribution in [-0.2, 0) is 13.8 Å². The van der Waals surface area contributed by atoms with Crippen molar-refractivity contribution in [2.45, 2.75) is 12.8 Å². The van der Waals surface area contributed by atoms with Gasteiger partial charge in [-0.15, -0.1) is 0 Å². The Balaban J connectivity index is 3.46. The average molecular weight is 199 g/mol. The van der Waals surface area contributed by atoms with Gasteiger partial charge in [0.05, 0.1) is 0 Å². The molecule has 66 valence electrons. The Bertz CT molecular complexity index is 208. The lowest BCUT2D eigenvalue weighted by Crippen LogP contribution is -1.86. The second-order valence-electron chi connectivity index (χ2n) is 1.98. The molecule has 11 heavy (non-hydrogen) atoms. The SMILES string of the molecule is COCCC/C=C\S(=O)(=O)Cl. The van der Waals surface area contributed by atoms with Crippen LogP contribution in [0, 0.1) is 0 Å². The molecule has 0 radical (unpaired) electrons. The normalized spacial score (nSPS) is 12.5. The van der Waals surface area contributed by atoms with Crippen molar-refractivity contribution in [1.82, 2.24) is 0 Å². The highest BCUT2D eigenvalue weighted by Crippen LogP contribution is 2.00. The number of rotatable bonds is 5. The van der Waals surface area contributed by atoms with E-state index in [9.17, 15) is 8.42 Å². The summed E-state index contributed by atoms with van der Waals surface area (Å²) in [5.74, 6) is 0. The Morgan fingerprint density at radius 1 is 1.55 bits per heavy atom. The maximum absolute atomic E-state index is 10.3. The smallest absolute Gasteiger partial charge is 0.254 e. The first kappa shape index (κ1) is 10.9. The predicted molar refractivity (Wildman–Crippen MR) is 45.0 cm³/mol. The molecule has 0 amide bonds. The predicted octanol–water partition coefficient (Wildman–Crippen LogP) is 1.50. The van der Waals surface area contributed by atoms with Gasteiger partial charge in [0.15, 0.2) is 0 Å². The molecule has 0 aliphatic heterocycles. The fourth-order valence-corrected chi connectivity index (χ4v) is 1.11. The molecule has 0 N–H and O–H groups in total. The number of methoxy groups -OCH3 is 1. The quantitative estimate of drug-likeness (QED) is 0.497. The molecule has 0 aliphatic rings. The molecule has 0 aromatic heterocycles. The first-order valence-electron chi connectivity index (χ1n) is 3.16. The standard InChI is InChI=1S/C6H11ClO3S/c1-10-5-3-2-4-6-11(7,8)9/h4,6H,2-3,5H2,1H3/b6-4-. The van der Waals surface area contributed by atoms with Crippen LogP contribution >= 0.6 is 10.7 Å². The third kappa shape index (κ3) is 9.94. The Morgan fingerprint density at radius 2 is 2.18 bits per heavy atom. The van der Waals surface area contributed by atoms with Crippen molar-refractivity contribution in [2.24, 2.45) is 0 Å². The second kappa shape index (κ2) is 5.57. The number of hydrogen-bond donors (Lipinski definition) is 0. The van der Waals surface area contributed by atoms with E-state index < -0.39 is 9.05 Å². The Morgan fingerprint density at radius 3 is 2.64 bits per heavy atom. The van der Waals surface area contributed by atoms with E-state index in [1.54, 1.807) is 7.11 Å². The summed E-state index contributed by atoms with van der Waals surface area (Å²) < 4.78 is 25.4. The van der Waals surface area contributed by atoms with Crippen LogP contribution in [-0.4, -0.2) is 22.1 Å². The van der Waals surface area contributed by atoms with Crippen molar-refractivity contribution in [2.75, 3.05) is 13.7 Å². The van der Waals surface area contributed by atoms with Gasteiger partial charge in [-0.1, -0.05) is 6.08 Å². The first-order valence-corrected chi connectivity index (χ1v) is 5.53. The van der Waals surface area contributed by atoms with Crippen LogP contribution < -0.4 is 0 Å². The molecule has 5 heteroatoms.